The fraction of sp³-hybridized carbons (Fsp3) is 0.833. The number of carbonyl (C=O) groups excluding carboxylic acids is 2. The zero-order valence-electron chi connectivity index (χ0n) is 20.2. The molecule has 0 aromatic rings. The molecule has 5 nitrogen and oxygen atoms in total. The first-order valence-corrected chi connectivity index (χ1v) is 10.9. The third-order valence-corrected chi connectivity index (χ3v) is 7.83. The van der Waals surface area contributed by atoms with E-state index in [1.807, 2.05) is 6.92 Å². The Hall–Kier alpha value is -1.20. The van der Waals surface area contributed by atoms with Crippen molar-refractivity contribution >= 4 is 11.8 Å². The van der Waals surface area contributed by atoms with Gasteiger partial charge in [-0.15, -0.1) is 0 Å². The van der Waals surface area contributed by atoms with Crippen LogP contribution < -0.4 is 5.32 Å². The van der Waals surface area contributed by atoms with Crippen LogP contribution in [0.1, 0.15) is 68.7 Å². The van der Waals surface area contributed by atoms with Gasteiger partial charge in [-0.2, -0.15) is 0 Å². The largest absolute Gasteiger partial charge is 0.395 e. The number of aliphatic hydroxyl groups excluding tert-OH is 1. The fourth-order valence-corrected chi connectivity index (χ4v) is 5.10. The van der Waals surface area contributed by atoms with Crippen LogP contribution >= 0.6 is 0 Å². The van der Waals surface area contributed by atoms with Gasteiger partial charge >= 0.3 is 0 Å². The Morgan fingerprint density at radius 3 is 2.14 bits per heavy atom. The zero-order chi connectivity index (χ0) is 22.8. The van der Waals surface area contributed by atoms with Crippen LogP contribution in [0.3, 0.4) is 0 Å². The Morgan fingerprint density at radius 1 is 1.14 bits per heavy atom. The van der Waals surface area contributed by atoms with E-state index in [0.29, 0.717) is 25.6 Å². The van der Waals surface area contributed by atoms with E-state index >= 15 is 0 Å². The molecule has 3 atom stereocenters. The summed E-state index contributed by atoms with van der Waals surface area (Å²) in [6.07, 6.45) is 0.250. The van der Waals surface area contributed by atoms with Crippen LogP contribution in [-0.2, 0) is 9.59 Å². The predicted molar refractivity (Wildman–Crippen MR) is 119 cm³/mol. The lowest BCUT2D eigenvalue weighted by atomic mass is 9.49. The minimum atomic E-state index is -0.362. The van der Waals surface area contributed by atoms with Crippen molar-refractivity contribution in [2.75, 3.05) is 26.2 Å². The van der Waals surface area contributed by atoms with E-state index in [9.17, 15) is 9.59 Å². The molecule has 1 aliphatic heterocycles. The van der Waals surface area contributed by atoms with Crippen molar-refractivity contribution in [3.63, 3.8) is 0 Å². The highest BCUT2D eigenvalue weighted by molar-refractivity contribution is 6.03. The van der Waals surface area contributed by atoms with Gasteiger partial charge in [-0.1, -0.05) is 67.5 Å². The molecule has 168 valence electrons. The molecular weight excluding hydrogens is 364 g/mol. The molecule has 5 heteroatoms. The second-order valence-corrected chi connectivity index (χ2v) is 11.0. The molecule has 2 N–H and O–H groups in total. The Balaban J connectivity index is 3.18. The van der Waals surface area contributed by atoms with Crippen LogP contribution in [-0.4, -0.2) is 48.1 Å². The van der Waals surface area contributed by atoms with Crippen molar-refractivity contribution < 1.29 is 14.7 Å². The van der Waals surface area contributed by atoms with E-state index in [1.54, 1.807) is 0 Å². The molecule has 0 bridgehead atoms. The molecule has 1 aliphatic rings. The van der Waals surface area contributed by atoms with E-state index in [0.717, 1.165) is 5.57 Å². The highest BCUT2D eigenvalue weighted by Gasteiger charge is 2.55. The van der Waals surface area contributed by atoms with Crippen LogP contribution in [0.5, 0.6) is 0 Å². The lowest BCUT2D eigenvalue weighted by molar-refractivity contribution is -0.141. The monoisotopic (exact) mass is 408 g/mol. The number of nitrogens with zero attached hydrogens (tertiary/aromatic N) is 1. The van der Waals surface area contributed by atoms with Gasteiger partial charge in [0, 0.05) is 26.1 Å². The number of hydrogen-bond donors (Lipinski definition) is 2. The second kappa shape index (κ2) is 9.30. The quantitative estimate of drug-likeness (QED) is 0.327. The number of allylic oxidation sites excluding steroid dienone is 1. The van der Waals surface area contributed by atoms with E-state index in [-0.39, 0.29) is 52.9 Å². The first-order valence-electron chi connectivity index (χ1n) is 10.9. The molecule has 1 rings (SSSR count). The molecule has 1 heterocycles. The molecule has 0 aromatic carbocycles. The number of aliphatic hydroxyl groups is 1. The highest BCUT2D eigenvalue weighted by atomic mass is 16.3. The average molecular weight is 409 g/mol. The number of amides is 2. The van der Waals surface area contributed by atoms with E-state index in [1.165, 1.54) is 4.90 Å². The third kappa shape index (κ3) is 5.29. The summed E-state index contributed by atoms with van der Waals surface area (Å²) in [6, 6.07) is 0. The third-order valence-electron chi connectivity index (χ3n) is 7.83. The SMILES string of the molecule is C=C(C)C(C1CC(=O)N(CCNCCO)C1=O)C(C)(C)C(C)(C)C(C)C(C)(C)C. The van der Waals surface area contributed by atoms with Crippen LogP contribution in [0.4, 0.5) is 0 Å². The van der Waals surface area contributed by atoms with Crippen LogP contribution in [0, 0.1) is 34.0 Å². The summed E-state index contributed by atoms with van der Waals surface area (Å²) in [5.74, 6) is -0.220. The highest BCUT2D eigenvalue weighted by Crippen LogP contribution is 2.57. The summed E-state index contributed by atoms with van der Waals surface area (Å²) in [5.41, 5.74) is 0.793. The zero-order valence-corrected chi connectivity index (χ0v) is 20.2. The van der Waals surface area contributed by atoms with Gasteiger partial charge < -0.3 is 10.4 Å². The van der Waals surface area contributed by atoms with Crippen molar-refractivity contribution in [3.8, 4) is 0 Å². The van der Waals surface area contributed by atoms with Gasteiger partial charge in [0.25, 0.3) is 0 Å². The van der Waals surface area contributed by atoms with Gasteiger partial charge in [0.1, 0.15) is 0 Å². The van der Waals surface area contributed by atoms with Crippen molar-refractivity contribution in [1.29, 1.82) is 0 Å². The molecule has 3 unspecified atom stereocenters. The van der Waals surface area contributed by atoms with Gasteiger partial charge in [0.05, 0.1) is 12.5 Å². The lowest BCUT2D eigenvalue weighted by Crippen LogP contribution is -2.50. The Labute approximate surface area is 178 Å². The van der Waals surface area contributed by atoms with Gasteiger partial charge in [-0.3, -0.25) is 14.5 Å². The molecule has 1 fully saturated rings. The van der Waals surface area contributed by atoms with Crippen molar-refractivity contribution in [2.45, 2.75) is 68.7 Å². The molecule has 29 heavy (non-hydrogen) atoms. The Morgan fingerprint density at radius 2 is 1.69 bits per heavy atom. The fourth-order valence-electron chi connectivity index (χ4n) is 5.10. The summed E-state index contributed by atoms with van der Waals surface area (Å²) in [5, 5.41) is 11.9. The Bertz CT molecular complexity index is 616. The molecule has 0 aromatic heterocycles. The molecular formula is C24H44N2O3. The minimum Gasteiger partial charge on any atom is -0.395 e. The van der Waals surface area contributed by atoms with Gasteiger partial charge in [0.2, 0.25) is 11.8 Å². The molecule has 1 saturated heterocycles. The van der Waals surface area contributed by atoms with Crippen LogP contribution in [0.25, 0.3) is 0 Å². The standard InChI is InChI=1S/C24H44N2O3/c1-16(2)20(24(9,10)23(7,8)17(3)22(4,5)6)18-15-19(28)26(21(18)29)13-11-25-12-14-27/h17-18,20,25,27H,1,11-15H2,2-10H3. The number of carbonyl (C=O) groups is 2. The number of nitrogens with one attached hydrogen (secondary N) is 1. The first-order chi connectivity index (χ1) is 13.1. The number of imide groups is 1. The normalized spacial score (nSPS) is 20.9. The molecule has 0 saturated carbocycles. The number of likely N-dealkylation sites (tertiary alicyclic amines) is 1. The van der Waals surface area contributed by atoms with E-state index in [2.05, 4.69) is 67.3 Å². The average Bonchev–Trinajstić information content (AvgIpc) is 2.84. The topological polar surface area (TPSA) is 69.6 Å². The Kier molecular flexibility index (Phi) is 8.28. The summed E-state index contributed by atoms with van der Waals surface area (Å²) < 4.78 is 0. The van der Waals surface area contributed by atoms with Crippen LogP contribution in [0.2, 0.25) is 0 Å². The summed E-state index contributed by atoms with van der Waals surface area (Å²) in [4.78, 5) is 27.3. The van der Waals surface area contributed by atoms with Crippen molar-refractivity contribution in [2.24, 2.45) is 34.0 Å². The van der Waals surface area contributed by atoms with Gasteiger partial charge in [-0.25, -0.2) is 0 Å². The lowest BCUT2D eigenvalue weighted by Gasteiger charge is -2.55. The summed E-state index contributed by atoms with van der Waals surface area (Å²) in [6.45, 7) is 25.7. The smallest absolute Gasteiger partial charge is 0.233 e. The summed E-state index contributed by atoms with van der Waals surface area (Å²) >= 11 is 0. The van der Waals surface area contributed by atoms with Gasteiger partial charge in [0.15, 0.2) is 0 Å². The number of rotatable bonds is 10. The maximum atomic E-state index is 13.3. The van der Waals surface area contributed by atoms with E-state index in [4.69, 9.17) is 5.11 Å². The second-order valence-electron chi connectivity index (χ2n) is 11.0. The van der Waals surface area contributed by atoms with Gasteiger partial charge in [-0.05, 0) is 35.0 Å². The maximum absolute atomic E-state index is 13.3. The summed E-state index contributed by atoms with van der Waals surface area (Å²) in [7, 11) is 0. The molecule has 0 radical (unpaired) electrons. The van der Waals surface area contributed by atoms with Crippen molar-refractivity contribution in [3.05, 3.63) is 12.2 Å². The van der Waals surface area contributed by atoms with Crippen LogP contribution in [0.15, 0.2) is 12.2 Å². The molecule has 2 amide bonds. The minimum absolute atomic E-state index is 0.0392. The first kappa shape index (κ1) is 25.8. The molecule has 0 aliphatic carbocycles. The van der Waals surface area contributed by atoms with Crippen molar-refractivity contribution in [1.82, 2.24) is 10.2 Å². The number of hydrogen-bond acceptors (Lipinski definition) is 4. The maximum Gasteiger partial charge on any atom is 0.233 e. The van der Waals surface area contributed by atoms with E-state index < -0.39 is 0 Å². The molecule has 0 spiro atoms. The predicted octanol–water partition coefficient (Wildman–Crippen LogP) is 3.87.